The Morgan fingerprint density at radius 2 is 1.36 bits per heavy atom. The Labute approximate surface area is 212 Å². The van der Waals surface area contributed by atoms with E-state index in [-0.39, 0.29) is 0 Å². The van der Waals surface area contributed by atoms with Gasteiger partial charge in [0.25, 0.3) is 0 Å². The summed E-state index contributed by atoms with van der Waals surface area (Å²) in [5, 5.41) is 14.0. The predicted molar refractivity (Wildman–Crippen MR) is 152 cm³/mol. The average molecular weight is 466 g/mol. The Hall–Kier alpha value is -4.68. The van der Waals surface area contributed by atoms with Gasteiger partial charge in [-0.3, -0.25) is 4.99 Å². The van der Waals surface area contributed by atoms with E-state index in [9.17, 15) is 0 Å². The molecule has 0 aliphatic rings. The van der Waals surface area contributed by atoms with Gasteiger partial charge in [-0.15, -0.1) is 0 Å². The zero-order chi connectivity index (χ0) is 25.1. The second-order valence-electron chi connectivity index (χ2n) is 9.03. The molecule has 0 heterocycles. The molecule has 0 N–H and O–H groups in total. The number of rotatable bonds is 6. The first kappa shape index (κ1) is 23.1. The molecular formula is C33H27N3. The Morgan fingerprint density at radius 3 is 2.03 bits per heavy atom. The third-order valence-corrected chi connectivity index (χ3v) is 6.81. The fourth-order valence-electron chi connectivity index (χ4n) is 4.53. The van der Waals surface area contributed by atoms with Crippen molar-refractivity contribution >= 4 is 33.9 Å². The van der Waals surface area contributed by atoms with Gasteiger partial charge in [0.2, 0.25) is 0 Å². The highest BCUT2D eigenvalue weighted by molar-refractivity contribution is 5.92. The van der Waals surface area contributed by atoms with Gasteiger partial charge in [-0.1, -0.05) is 66.7 Å². The molecule has 0 saturated heterocycles. The summed E-state index contributed by atoms with van der Waals surface area (Å²) in [6.07, 6.45) is 0. The standard InChI is InChI=1S/C33H27N3/c1-23(35-3)24(2)36(22-26-10-8-25(21-34)9-11-26)33-17-16-28-13-15-31(19-32(28)20-33)30-14-12-27-6-4-5-7-29(27)18-30/h4-20H,3,22H2,1-2H3/b24-23-. The molecule has 0 aliphatic heterocycles. The van der Waals surface area contributed by atoms with Crippen molar-refractivity contribution in [3.8, 4) is 17.2 Å². The van der Waals surface area contributed by atoms with Gasteiger partial charge in [0.15, 0.2) is 0 Å². The molecule has 0 aliphatic carbocycles. The van der Waals surface area contributed by atoms with E-state index in [1.807, 2.05) is 31.2 Å². The largest absolute Gasteiger partial charge is 0.339 e. The van der Waals surface area contributed by atoms with Crippen LogP contribution in [0.2, 0.25) is 0 Å². The van der Waals surface area contributed by atoms with E-state index in [0.29, 0.717) is 12.1 Å². The number of benzene rings is 5. The molecule has 0 aromatic heterocycles. The molecule has 0 atom stereocenters. The highest BCUT2D eigenvalue weighted by Crippen LogP contribution is 2.32. The lowest BCUT2D eigenvalue weighted by Gasteiger charge is -2.27. The summed E-state index contributed by atoms with van der Waals surface area (Å²) in [5.41, 5.74) is 7.19. The van der Waals surface area contributed by atoms with Crippen molar-refractivity contribution in [3.05, 3.63) is 126 Å². The van der Waals surface area contributed by atoms with Gasteiger partial charge >= 0.3 is 0 Å². The second-order valence-corrected chi connectivity index (χ2v) is 9.03. The van der Waals surface area contributed by atoms with Crippen LogP contribution in [0.1, 0.15) is 25.0 Å². The molecule has 5 aromatic carbocycles. The van der Waals surface area contributed by atoms with Crippen molar-refractivity contribution in [2.75, 3.05) is 4.90 Å². The van der Waals surface area contributed by atoms with E-state index < -0.39 is 0 Å². The van der Waals surface area contributed by atoms with Crippen LogP contribution in [0, 0.1) is 11.3 Å². The summed E-state index contributed by atoms with van der Waals surface area (Å²) < 4.78 is 0. The molecule has 0 spiro atoms. The number of anilines is 1. The molecule has 0 saturated carbocycles. The molecule has 3 nitrogen and oxygen atoms in total. The fraction of sp³-hybridized carbons (Fsp3) is 0.0909. The molecule has 36 heavy (non-hydrogen) atoms. The van der Waals surface area contributed by atoms with Gasteiger partial charge in [-0.2, -0.15) is 5.26 Å². The smallest absolute Gasteiger partial charge is 0.0991 e. The highest BCUT2D eigenvalue weighted by Gasteiger charge is 2.13. The lowest BCUT2D eigenvalue weighted by Crippen LogP contribution is -2.21. The number of aliphatic imine (C=N–C) groups is 1. The van der Waals surface area contributed by atoms with Crippen LogP contribution in [0.25, 0.3) is 32.7 Å². The van der Waals surface area contributed by atoms with Crippen molar-refractivity contribution in [1.29, 1.82) is 5.26 Å². The zero-order valence-electron chi connectivity index (χ0n) is 20.6. The summed E-state index contributed by atoms with van der Waals surface area (Å²) >= 11 is 0. The Balaban J connectivity index is 1.56. The molecule has 0 radical (unpaired) electrons. The van der Waals surface area contributed by atoms with Crippen molar-refractivity contribution in [2.24, 2.45) is 4.99 Å². The monoisotopic (exact) mass is 465 g/mol. The average Bonchev–Trinajstić information content (AvgIpc) is 2.94. The first-order chi connectivity index (χ1) is 17.6. The van der Waals surface area contributed by atoms with Crippen molar-refractivity contribution < 1.29 is 0 Å². The topological polar surface area (TPSA) is 39.4 Å². The molecule has 0 amide bonds. The van der Waals surface area contributed by atoms with Gasteiger partial charge in [0.05, 0.1) is 17.3 Å². The SMILES string of the molecule is C=N/C(C)=C(/C)N(Cc1ccc(C#N)cc1)c1ccc2ccc(-c3ccc4ccccc4c3)cc2c1. The van der Waals surface area contributed by atoms with E-state index >= 15 is 0 Å². The Bertz CT molecular complexity index is 1650. The van der Waals surface area contributed by atoms with E-state index in [1.165, 1.54) is 32.7 Å². The second kappa shape index (κ2) is 9.90. The lowest BCUT2D eigenvalue weighted by molar-refractivity contribution is 0.893. The van der Waals surface area contributed by atoms with Gasteiger partial charge in [0, 0.05) is 17.9 Å². The minimum atomic E-state index is 0.661. The molecule has 5 aromatic rings. The van der Waals surface area contributed by atoms with Crippen LogP contribution in [0.5, 0.6) is 0 Å². The minimum absolute atomic E-state index is 0.661. The molecule has 0 bridgehead atoms. The summed E-state index contributed by atoms with van der Waals surface area (Å²) in [6, 6.07) is 38.2. The van der Waals surface area contributed by atoms with Crippen LogP contribution < -0.4 is 4.90 Å². The molecular weight excluding hydrogens is 438 g/mol. The normalized spacial score (nSPS) is 11.7. The third-order valence-electron chi connectivity index (χ3n) is 6.81. The van der Waals surface area contributed by atoms with Gasteiger partial charge in [-0.25, -0.2) is 0 Å². The fourth-order valence-corrected chi connectivity index (χ4v) is 4.53. The lowest BCUT2D eigenvalue weighted by atomic mass is 9.98. The maximum Gasteiger partial charge on any atom is 0.0991 e. The van der Waals surface area contributed by atoms with Crippen LogP contribution in [-0.4, -0.2) is 6.72 Å². The highest BCUT2D eigenvalue weighted by atomic mass is 15.1. The number of fused-ring (bicyclic) bond motifs is 2. The third kappa shape index (κ3) is 4.62. The van der Waals surface area contributed by atoms with Gasteiger partial charge in [0.1, 0.15) is 0 Å². The Morgan fingerprint density at radius 1 is 0.750 bits per heavy atom. The molecule has 5 rings (SSSR count). The van der Waals surface area contributed by atoms with Gasteiger partial charge < -0.3 is 4.90 Å². The summed E-state index contributed by atoms with van der Waals surface area (Å²) in [4.78, 5) is 6.45. The molecule has 0 unspecified atom stereocenters. The van der Waals surface area contributed by atoms with Crippen LogP contribution in [-0.2, 0) is 6.54 Å². The van der Waals surface area contributed by atoms with E-state index in [1.54, 1.807) is 0 Å². The Kier molecular flexibility index (Phi) is 6.34. The number of nitrogens with zero attached hydrogens (tertiary/aromatic N) is 3. The van der Waals surface area contributed by atoms with E-state index in [2.05, 4.69) is 108 Å². The molecule has 174 valence electrons. The molecule has 3 heteroatoms. The summed E-state index contributed by atoms with van der Waals surface area (Å²) in [7, 11) is 0. The van der Waals surface area contributed by atoms with E-state index in [0.717, 1.165) is 22.6 Å². The number of hydrogen-bond donors (Lipinski definition) is 0. The van der Waals surface area contributed by atoms with Crippen LogP contribution in [0.3, 0.4) is 0 Å². The quantitative estimate of drug-likeness (QED) is 0.236. The summed E-state index contributed by atoms with van der Waals surface area (Å²) in [6.45, 7) is 8.45. The number of hydrogen-bond acceptors (Lipinski definition) is 3. The van der Waals surface area contributed by atoms with Crippen molar-refractivity contribution in [1.82, 2.24) is 0 Å². The maximum absolute atomic E-state index is 9.15. The first-order valence-electron chi connectivity index (χ1n) is 12.0. The predicted octanol–water partition coefficient (Wildman–Crippen LogP) is 8.49. The van der Waals surface area contributed by atoms with Crippen molar-refractivity contribution in [3.63, 3.8) is 0 Å². The molecule has 0 fully saturated rings. The first-order valence-corrected chi connectivity index (χ1v) is 12.0. The van der Waals surface area contributed by atoms with Crippen LogP contribution >= 0.6 is 0 Å². The summed E-state index contributed by atoms with van der Waals surface area (Å²) in [5.74, 6) is 0. The minimum Gasteiger partial charge on any atom is -0.339 e. The van der Waals surface area contributed by atoms with Crippen LogP contribution in [0.15, 0.2) is 120 Å². The maximum atomic E-state index is 9.15. The number of nitriles is 1. The van der Waals surface area contributed by atoms with Gasteiger partial charge in [-0.05, 0) is 95.2 Å². The van der Waals surface area contributed by atoms with Crippen molar-refractivity contribution in [2.45, 2.75) is 20.4 Å². The van der Waals surface area contributed by atoms with E-state index in [4.69, 9.17) is 5.26 Å². The zero-order valence-corrected chi connectivity index (χ0v) is 20.6. The van der Waals surface area contributed by atoms with Crippen LogP contribution in [0.4, 0.5) is 5.69 Å². The number of allylic oxidation sites excluding steroid dienone is 2.